The average Bonchev–Trinajstić information content (AvgIpc) is 2.94. The van der Waals surface area contributed by atoms with E-state index in [0.717, 1.165) is 10.9 Å². The molecule has 9 heteroatoms. The molecule has 0 atom stereocenters. The summed E-state index contributed by atoms with van der Waals surface area (Å²) in [6.45, 7) is 0. The first kappa shape index (κ1) is 10.9. The number of aromatic amines is 2. The van der Waals surface area contributed by atoms with E-state index in [0.29, 0.717) is 5.69 Å². The van der Waals surface area contributed by atoms with E-state index in [1.165, 1.54) is 0 Å². The van der Waals surface area contributed by atoms with Gasteiger partial charge in [-0.15, -0.1) is 0 Å². The number of rotatable bonds is 2. The molecule has 4 N–H and O–H groups in total. The minimum absolute atomic E-state index is 0.177. The van der Waals surface area contributed by atoms with Gasteiger partial charge in [0.1, 0.15) is 5.69 Å². The van der Waals surface area contributed by atoms with Crippen molar-refractivity contribution >= 4 is 20.9 Å². The molecule has 8 nitrogen and oxygen atoms in total. The van der Waals surface area contributed by atoms with Gasteiger partial charge in [-0.1, -0.05) is 18.2 Å². The highest BCUT2D eigenvalue weighted by atomic mass is 32.2. The molecule has 1 aromatic carbocycles. The molecule has 2 heterocycles. The van der Waals surface area contributed by atoms with Crippen LogP contribution in [0.3, 0.4) is 0 Å². The standard InChI is InChI=1S/C9H8N6O2S/c10-18(16,17)9-11-8(14-15-9)7-5-3-1-2-4-6(5)12-13-7/h1-4H,(H,12,13)(H2,10,16,17)(H,11,14,15). The molecule has 3 rings (SSSR count). The van der Waals surface area contributed by atoms with Gasteiger partial charge >= 0.3 is 0 Å². The Morgan fingerprint density at radius 2 is 1.89 bits per heavy atom. The number of hydrogen-bond donors (Lipinski definition) is 3. The molecule has 92 valence electrons. The first-order valence-electron chi connectivity index (χ1n) is 4.94. The van der Waals surface area contributed by atoms with Crippen LogP contribution in [0.15, 0.2) is 29.4 Å². The minimum atomic E-state index is -3.89. The maximum atomic E-state index is 11.1. The molecule has 0 aliphatic carbocycles. The van der Waals surface area contributed by atoms with Gasteiger partial charge in [0.25, 0.3) is 15.2 Å². The Morgan fingerprint density at radius 3 is 2.61 bits per heavy atom. The van der Waals surface area contributed by atoms with E-state index in [2.05, 4.69) is 25.4 Å². The molecule has 0 unspecified atom stereocenters. The highest BCUT2D eigenvalue weighted by molar-refractivity contribution is 7.89. The Kier molecular flexibility index (Phi) is 2.18. The van der Waals surface area contributed by atoms with Gasteiger partial charge in [-0.05, 0) is 6.07 Å². The largest absolute Gasteiger partial charge is 0.277 e. The van der Waals surface area contributed by atoms with Crippen LogP contribution in [0, 0.1) is 0 Å². The second-order valence-corrected chi connectivity index (χ2v) is 5.10. The van der Waals surface area contributed by atoms with Gasteiger partial charge in [-0.3, -0.25) is 5.10 Å². The molecule has 0 radical (unpaired) electrons. The van der Waals surface area contributed by atoms with Crippen molar-refractivity contribution < 1.29 is 8.42 Å². The lowest BCUT2D eigenvalue weighted by Crippen LogP contribution is -2.13. The number of benzene rings is 1. The highest BCUT2D eigenvalue weighted by Gasteiger charge is 2.17. The number of sulfonamides is 1. The van der Waals surface area contributed by atoms with Crippen molar-refractivity contribution in [3.8, 4) is 11.5 Å². The van der Waals surface area contributed by atoms with Crippen molar-refractivity contribution in [3.05, 3.63) is 24.3 Å². The molecule has 2 aromatic heterocycles. The summed E-state index contributed by atoms with van der Waals surface area (Å²) in [7, 11) is -3.89. The zero-order chi connectivity index (χ0) is 12.8. The van der Waals surface area contributed by atoms with Crippen LogP contribution < -0.4 is 5.14 Å². The summed E-state index contributed by atoms with van der Waals surface area (Å²) < 4.78 is 22.2. The topological polar surface area (TPSA) is 130 Å². The monoisotopic (exact) mass is 264 g/mol. The van der Waals surface area contributed by atoms with Crippen molar-refractivity contribution in [2.75, 3.05) is 0 Å². The number of para-hydroxylation sites is 1. The molecule has 0 saturated carbocycles. The summed E-state index contributed by atoms with van der Waals surface area (Å²) >= 11 is 0. The number of fused-ring (bicyclic) bond motifs is 1. The second kappa shape index (κ2) is 3.62. The van der Waals surface area contributed by atoms with Gasteiger partial charge in [0.15, 0.2) is 0 Å². The molecular formula is C9H8N6O2S. The van der Waals surface area contributed by atoms with E-state index >= 15 is 0 Å². The van der Waals surface area contributed by atoms with Crippen LogP contribution in [-0.2, 0) is 10.0 Å². The Balaban J connectivity index is 2.18. The van der Waals surface area contributed by atoms with E-state index in [4.69, 9.17) is 5.14 Å². The summed E-state index contributed by atoms with van der Waals surface area (Å²) in [6, 6.07) is 7.38. The molecule has 0 saturated heterocycles. The normalized spacial score (nSPS) is 12.1. The van der Waals surface area contributed by atoms with E-state index in [-0.39, 0.29) is 11.0 Å². The van der Waals surface area contributed by atoms with Crippen molar-refractivity contribution in [1.29, 1.82) is 0 Å². The first-order valence-corrected chi connectivity index (χ1v) is 6.49. The van der Waals surface area contributed by atoms with E-state index in [1.54, 1.807) is 0 Å². The van der Waals surface area contributed by atoms with Gasteiger partial charge < -0.3 is 0 Å². The lowest BCUT2D eigenvalue weighted by molar-refractivity contribution is 0.589. The molecule has 0 bridgehead atoms. The SMILES string of the molecule is NS(=O)(=O)c1nc(-c2n[nH]c3ccccc23)n[nH]1. The minimum Gasteiger partial charge on any atom is -0.277 e. The molecule has 0 amide bonds. The average molecular weight is 264 g/mol. The molecule has 0 spiro atoms. The van der Waals surface area contributed by atoms with Crippen molar-refractivity contribution in [2.45, 2.75) is 5.16 Å². The van der Waals surface area contributed by atoms with Gasteiger partial charge in [0.2, 0.25) is 5.82 Å². The van der Waals surface area contributed by atoms with Crippen molar-refractivity contribution in [2.24, 2.45) is 5.14 Å². The molecular weight excluding hydrogens is 256 g/mol. The predicted octanol–water partition coefficient (Wildman–Crippen LogP) is -0.00460. The smallest absolute Gasteiger partial charge is 0.273 e. The Bertz CT molecular complexity index is 818. The molecule has 18 heavy (non-hydrogen) atoms. The van der Waals surface area contributed by atoms with Gasteiger partial charge in [-0.25, -0.2) is 18.7 Å². The number of hydrogen-bond acceptors (Lipinski definition) is 5. The van der Waals surface area contributed by atoms with Crippen LogP contribution in [0.4, 0.5) is 0 Å². The third kappa shape index (κ3) is 1.65. The number of nitrogens with zero attached hydrogens (tertiary/aromatic N) is 3. The highest BCUT2D eigenvalue weighted by Crippen LogP contribution is 2.23. The summed E-state index contributed by atoms with van der Waals surface area (Å²) in [5.41, 5.74) is 1.28. The van der Waals surface area contributed by atoms with Crippen molar-refractivity contribution in [1.82, 2.24) is 25.4 Å². The zero-order valence-electron chi connectivity index (χ0n) is 8.95. The Hall–Kier alpha value is -2.26. The number of H-pyrrole nitrogens is 2. The second-order valence-electron chi connectivity index (χ2n) is 3.63. The summed E-state index contributed by atoms with van der Waals surface area (Å²) in [6.07, 6.45) is 0. The van der Waals surface area contributed by atoms with Gasteiger partial charge in [0, 0.05) is 5.39 Å². The number of nitrogens with two attached hydrogens (primary N) is 1. The van der Waals surface area contributed by atoms with Crippen molar-refractivity contribution in [3.63, 3.8) is 0 Å². The first-order chi connectivity index (χ1) is 8.55. The number of primary sulfonamides is 1. The molecule has 3 aromatic rings. The van der Waals surface area contributed by atoms with E-state index < -0.39 is 10.0 Å². The Labute approximate surface area is 101 Å². The van der Waals surface area contributed by atoms with Crippen LogP contribution in [0.1, 0.15) is 0 Å². The number of aromatic nitrogens is 5. The van der Waals surface area contributed by atoms with Crippen LogP contribution in [0.2, 0.25) is 0 Å². The van der Waals surface area contributed by atoms with Gasteiger partial charge in [0.05, 0.1) is 5.52 Å². The number of nitrogens with one attached hydrogen (secondary N) is 2. The Morgan fingerprint density at radius 1 is 1.11 bits per heavy atom. The third-order valence-electron chi connectivity index (χ3n) is 2.42. The van der Waals surface area contributed by atoms with Crippen LogP contribution >= 0.6 is 0 Å². The van der Waals surface area contributed by atoms with Crippen LogP contribution in [0.5, 0.6) is 0 Å². The fourth-order valence-electron chi connectivity index (χ4n) is 1.61. The lowest BCUT2D eigenvalue weighted by Gasteiger charge is -1.89. The van der Waals surface area contributed by atoms with Crippen LogP contribution in [-0.4, -0.2) is 33.8 Å². The van der Waals surface area contributed by atoms with E-state index in [1.807, 2.05) is 24.3 Å². The predicted molar refractivity (Wildman–Crippen MR) is 62.8 cm³/mol. The maximum absolute atomic E-state index is 11.1. The lowest BCUT2D eigenvalue weighted by atomic mass is 10.2. The maximum Gasteiger partial charge on any atom is 0.273 e. The quantitative estimate of drug-likeness (QED) is 0.599. The fourth-order valence-corrected chi connectivity index (χ4v) is 2.00. The summed E-state index contributed by atoms with van der Waals surface area (Å²) in [5, 5.41) is 18.3. The molecule has 0 aliphatic heterocycles. The summed E-state index contributed by atoms with van der Waals surface area (Å²) in [4.78, 5) is 3.81. The molecule has 0 aliphatic rings. The van der Waals surface area contributed by atoms with E-state index in [9.17, 15) is 8.42 Å². The fraction of sp³-hybridized carbons (Fsp3) is 0. The van der Waals surface area contributed by atoms with Crippen LogP contribution in [0.25, 0.3) is 22.4 Å². The summed E-state index contributed by atoms with van der Waals surface area (Å²) in [5.74, 6) is 0.177. The third-order valence-corrected chi connectivity index (χ3v) is 3.14. The molecule has 0 fully saturated rings. The zero-order valence-corrected chi connectivity index (χ0v) is 9.77. The van der Waals surface area contributed by atoms with Gasteiger partial charge in [-0.2, -0.15) is 15.2 Å².